The lowest BCUT2D eigenvalue weighted by Gasteiger charge is -2.14. The minimum absolute atomic E-state index is 0.738. The number of aryl methyl sites for hydroxylation is 1. The van der Waals surface area contributed by atoms with Crippen LogP contribution in [0.3, 0.4) is 0 Å². The van der Waals surface area contributed by atoms with Crippen LogP contribution in [0.5, 0.6) is 0 Å². The average Bonchev–Trinajstić information content (AvgIpc) is 2.51. The van der Waals surface area contributed by atoms with Gasteiger partial charge in [-0.3, -0.25) is 4.98 Å². The fourth-order valence-electron chi connectivity index (χ4n) is 2.38. The molecule has 0 amide bonds. The van der Waals surface area contributed by atoms with Crippen LogP contribution in [0, 0.1) is 0 Å². The Labute approximate surface area is 118 Å². The zero-order chi connectivity index (χ0) is 13.9. The maximum atomic E-state index is 6.26. The minimum Gasteiger partial charge on any atom is -0.396 e. The molecule has 0 saturated carbocycles. The zero-order valence-electron chi connectivity index (χ0n) is 11.4. The number of nitrogens with zero attached hydrogens (tertiary/aromatic N) is 1. The standard InChI is InChI=1S/C17H17N3/c1-2-12-6-3-4-8-14(12)20-16-10-9-15-13(17(16)18)7-5-11-19-15/h3-11,20H,2,18H2,1H3. The van der Waals surface area contributed by atoms with Gasteiger partial charge in [-0.2, -0.15) is 0 Å². The second-order valence-electron chi connectivity index (χ2n) is 4.73. The molecule has 3 N–H and O–H groups in total. The molecule has 0 atom stereocenters. The lowest BCUT2D eigenvalue weighted by molar-refractivity contribution is 1.14. The summed E-state index contributed by atoms with van der Waals surface area (Å²) in [7, 11) is 0. The Kier molecular flexibility index (Phi) is 3.25. The van der Waals surface area contributed by atoms with Crippen molar-refractivity contribution in [1.29, 1.82) is 0 Å². The van der Waals surface area contributed by atoms with E-state index in [1.165, 1.54) is 5.56 Å². The molecule has 2 aromatic carbocycles. The Morgan fingerprint density at radius 3 is 2.70 bits per heavy atom. The second kappa shape index (κ2) is 5.21. The third kappa shape index (κ3) is 2.18. The summed E-state index contributed by atoms with van der Waals surface area (Å²) in [6.07, 6.45) is 2.76. The van der Waals surface area contributed by atoms with E-state index in [0.29, 0.717) is 0 Å². The number of hydrogen-bond donors (Lipinski definition) is 2. The molecular weight excluding hydrogens is 246 g/mol. The molecule has 0 saturated heterocycles. The number of fused-ring (bicyclic) bond motifs is 1. The van der Waals surface area contributed by atoms with Crippen LogP contribution in [0.15, 0.2) is 54.7 Å². The van der Waals surface area contributed by atoms with Crippen molar-refractivity contribution >= 4 is 28.0 Å². The van der Waals surface area contributed by atoms with E-state index in [2.05, 4.69) is 35.4 Å². The first-order chi connectivity index (χ1) is 9.79. The van der Waals surface area contributed by atoms with E-state index >= 15 is 0 Å². The maximum absolute atomic E-state index is 6.26. The van der Waals surface area contributed by atoms with E-state index in [-0.39, 0.29) is 0 Å². The minimum atomic E-state index is 0.738. The zero-order valence-corrected chi connectivity index (χ0v) is 11.4. The molecule has 3 aromatic rings. The van der Waals surface area contributed by atoms with E-state index in [0.717, 1.165) is 34.4 Å². The number of nitrogens with one attached hydrogen (secondary N) is 1. The Bertz CT molecular complexity index is 750. The summed E-state index contributed by atoms with van der Waals surface area (Å²) in [4.78, 5) is 4.32. The first kappa shape index (κ1) is 12.5. The Morgan fingerprint density at radius 1 is 1.00 bits per heavy atom. The molecule has 20 heavy (non-hydrogen) atoms. The molecule has 1 heterocycles. The lowest BCUT2D eigenvalue weighted by Crippen LogP contribution is -1.99. The molecule has 0 fully saturated rings. The summed E-state index contributed by atoms with van der Waals surface area (Å²) in [6.45, 7) is 2.15. The predicted molar refractivity (Wildman–Crippen MR) is 85.3 cm³/mol. The van der Waals surface area contributed by atoms with Gasteiger partial charge in [-0.15, -0.1) is 0 Å². The van der Waals surface area contributed by atoms with Gasteiger partial charge in [-0.05, 0) is 42.3 Å². The number of hydrogen-bond acceptors (Lipinski definition) is 3. The fraction of sp³-hybridized carbons (Fsp3) is 0.118. The molecule has 0 radical (unpaired) electrons. The quantitative estimate of drug-likeness (QED) is 0.699. The summed E-state index contributed by atoms with van der Waals surface area (Å²) in [5, 5.41) is 4.41. The summed E-state index contributed by atoms with van der Waals surface area (Å²) < 4.78 is 0. The SMILES string of the molecule is CCc1ccccc1Nc1ccc2ncccc2c1N. The van der Waals surface area contributed by atoms with Crippen LogP contribution in [0.4, 0.5) is 17.1 Å². The van der Waals surface area contributed by atoms with Gasteiger partial charge in [0.1, 0.15) is 0 Å². The third-order valence-corrected chi connectivity index (χ3v) is 3.49. The number of para-hydroxylation sites is 1. The van der Waals surface area contributed by atoms with Crippen LogP contribution in [-0.2, 0) is 6.42 Å². The average molecular weight is 263 g/mol. The van der Waals surface area contributed by atoms with E-state index in [1.54, 1.807) is 6.20 Å². The monoisotopic (exact) mass is 263 g/mol. The first-order valence-corrected chi connectivity index (χ1v) is 6.77. The number of benzene rings is 2. The summed E-state index contributed by atoms with van der Waals surface area (Å²) in [5.74, 6) is 0. The third-order valence-electron chi connectivity index (χ3n) is 3.49. The normalized spacial score (nSPS) is 10.7. The van der Waals surface area contributed by atoms with Gasteiger partial charge in [0.15, 0.2) is 0 Å². The van der Waals surface area contributed by atoms with Gasteiger partial charge in [0.05, 0.1) is 16.9 Å². The molecule has 3 heteroatoms. The Hall–Kier alpha value is -2.55. The Balaban J connectivity index is 2.05. The van der Waals surface area contributed by atoms with Crippen LogP contribution in [0.1, 0.15) is 12.5 Å². The van der Waals surface area contributed by atoms with Gasteiger partial charge in [0.25, 0.3) is 0 Å². The molecular formula is C17H17N3. The number of nitrogen functional groups attached to an aromatic ring is 1. The van der Waals surface area contributed by atoms with Crippen molar-refractivity contribution in [2.45, 2.75) is 13.3 Å². The first-order valence-electron chi connectivity index (χ1n) is 6.77. The molecule has 0 aliphatic rings. The lowest BCUT2D eigenvalue weighted by atomic mass is 10.1. The largest absolute Gasteiger partial charge is 0.396 e. The molecule has 0 bridgehead atoms. The van der Waals surface area contributed by atoms with Gasteiger partial charge in [-0.25, -0.2) is 0 Å². The van der Waals surface area contributed by atoms with E-state index < -0.39 is 0 Å². The van der Waals surface area contributed by atoms with Gasteiger partial charge in [0.2, 0.25) is 0 Å². The summed E-state index contributed by atoms with van der Waals surface area (Å²) in [5.41, 5.74) is 11.2. The number of aromatic nitrogens is 1. The van der Waals surface area contributed by atoms with Gasteiger partial charge < -0.3 is 11.1 Å². The van der Waals surface area contributed by atoms with E-state index in [4.69, 9.17) is 5.73 Å². The van der Waals surface area contributed by atoms with E-state index in [9.17, 15) is 0 Å². The highest BCUT2D eigenvalue weighted by molar-refractivity contribution is 5.97. The van der Waals surface area contributed by atoms with Gasteiger partial charge in [0, 0.05) is 17.3 Å². The topological polar surface area (TPSA) is 50.9 Å². The highest BCUT2D eigenvalue weighted by atomic mass is 14.9. The smallest absolute Gasteiger partial charge is 0.0724 e. The number of rotatable bonds is 3. The number of anilines is 3. The molecule has 1 aromatic heterocycles. The van der Waals surface area contributed by atoms with Gasteiger partial charge in [-0.1, -0.05) is 25.1 Å². The Morgan fingerprint density at radius 2 is 1.85 bits per heavy atom. The fourth-order valence-corrected chi connectivity index (χ4v) is 2.38. The van der Waals surface area contributed by atoms with Crippen LogP contribution in [0.25, 0.3) is 10.9 Å². The van der Waals surface area contributed by atoms with Crippen molar-refractivity contribution in [2.75, 3.05) is 11.1 Å². The maximum Gasteiger partial charge on any atom is 0.0724 e. The molecule has 3 nitrogen and oxygen atoms in total. The van der Waals surface area contributed by atoms with E-state index in [1.807, 2.05) is 30.3 Å². The van der Waals surface area contributed by atoms with Gasteiger partial charge >= 0.3 is 0 Å². The highest BCUT2D eigenvalue weighted by Crippen LogP contribution is 2.31. The van der Waals surface area contributed by atoms with Crippen molar-refractivity contribution in [1.82, 2.24) is 4.98 Å². The number of nitrogens with two attached hydrogens (primary N) is 1. The highest BCUT2D eigenvalue weighted by Gasteiger charge is 2.06. The predicted octanol–water partition coefficient (Wildman–Crippen LogP) is 4.12. The molecule has 0 unspecified atom stereocenters. The van der Waals surface area contributed by atoms with Crippen molar-refractivity contribution < 1.29 is 0 Å². The van der Waals surface area contributed by atoms with Crippen molar-refractivity contribution in [2.24, 2.45) is 0 Å². The molecule has 0 spiro atoms. The van der Waals surface area contributed by atoms with Crippen molar-refractivity contribution in [3.63, 3.8) is 0 Å². The van der Waals surface area contributed by atoms with Crippen LogP contribution < -0.4 is 11.1 Å². The van der Waals surface area contributed by atoms with Crippen molar-refractivity contribution in [3.8, 4) is 0 Å². The molecule has 0 aliphatic heterocycles. The van der Waals surface area contributed by atoms with Crippen LogP contribution >= 0.6 is 0 Å². The van der Waals surface area contributed by atoms with Crippen LogP contribution in [-0.4, -0.2) is 4.98 Å². The summed E-state index contributed by atoms with van der Waals surface area (Å²) >= 11 is 0. The summed E-state index contributed by atoms with van der Waals surface area (Å²) in [6, 6.07) is 16.2. The molecule has 3 rings (SSSR count). The molecule has 100 valence electrons. The number of pyridine rings is 1. The molecule has 0 aliphatic carbocycles. The van der Waals surface area contributed by atoms with Crippen molar-refractivity contribution in [3.05, 3.63) is 60.3 Å². The second-order valence-corrected chi connectivity index (χ2v) is 4.73. The van der Waals surface area contributed by atoms with Crippen LogP contribution in [0.2, 0.25) is 0 Å².